The van der Waals surface area contributed by atoms with Gasteiger partial charge in [0.05, 0.1) is 0 Å². The molecule has 1 saturated heterocycles. The van der Waals surface area contributed by atoms with Crippen molar-refractivity contribution in [2.45, 2.75) is 32.1 Å². The molecule has 88 valence electrons. The fraction of sp³-hybridized carbons (Fsp3) is 0.615. The molecule has 3 heteroatoms. The molecule has 0 saturated carbocycles. The van der Waals surface area contributed by atoms with Crippen molar-refractivity contribution in [1.82, 2.24) is 4.90 Å². The number of carbonyl (C=O) groups excluding carboxylic acids is 1. The molecule has 2 nitrogen and oxygen atoms in total. The first-order chi connectivity index (χ1) is 7.58. The summed E-state index contributed by atoms with van der Waals surface area (Å²) in [7, 11) is 0. The summed E-state index contributed by atoms with van der Waals surface area (Å²) in [4.78, 5) is 15.0. The van der Waals surface area contributed by atoms with E-state index in [2.05, 4.69) is 36.3 Å². The summed E-state index contributed by atoms with van der Waals surface area (Å²) in [6, 6.07) is 4.32. The number of hydrogen-bond acceptors (Lipinski definition) is 3. The van der Waals surface area contributed by atoms with Crippen LogP contribution in [0.25, 0.3) is 0 Å². The van der Waals surface area contributed by atoms with Gasteiger partial charge in [-0.05, 0) is 11.4 Å². The van der Waals surface area contributed by atoms with Gasteiger partial charge in [-0.2, -0.15) is 0 Å². The van der Waals surface area contributed by atoms with Crippen molar-refractivity contribution in [3.8, 4) is 0 Å². The first kappa shape index (κ1) is 11.8. The maximum Gasteiger partial charge on any atom is 0.135 e. The van der Waals surface area contributed by atoms with Gasteiger partial charge >= 0.3 is 0 Å². The Labute approximate surface area is 101 Å². The average Bonchev–Trinajstić information content (AvgIpc) is 2.75. The average molecular weight is 237 g/mol. The summed E-state index contributed by atoms with van der Waals surface area (Å²) < 4.78 is 0. The Morgan fingerprint density at radius 2 is 2.06 bits per heavy atom. The zero-order valence-corrected chi connectivity index (χ0v) is 10.8. The second-order valence-corrected chi connectivity index (χ2v) is 6.12. The lowest BCUT2D eigenvalue weighted by Crippen LogP contribution is -2.41. The zero-order valence-electron chi connectivity index (χ0n) is 10.0. The molecule has 0 atom stereocenters. The van der Waals surface area contributed by atoms with E-state index < -0.39 is 0 Å². The van der Waals surface area contributed by atoms with Crippen LogP contribution in [0.3, 0.4) is 0 Å². The van der Waals surface area contributed by atoms with Crippen molar-refractivity contribution in [2.75, 3.05) is 19.6 Å². The van der Waals surface area contributed by atoms with E-state index in [1.54, 1.807) is 0 Å². The predicted molar refractivity (Wildman–Crippen MR) is 68.0 cm³/mol. The quantitative estimate of drug-likeness (QED) is 0.805. The van der Waals surface area contributed by atoms with Crippen molar-refractivity contribution in [2.24, 2.45) is 0 Å². The summed E-state index contributed by atoms with van der Waals surface area (Å²) in [6.07, 6.45) is 1.47. The number of piperidine rings is 1. The van der Waals surface area contributed by atoms with Crippen molar-refractivity contribution in [3.05, 3.63) is 22.4 Å². The van der Waals surface area contributed by atoms with Crippen LogP contribution >= 0.6 is 11.3 Å². The molecule has 1 aliphatic rings. The predicted octanol–water partition coefficient (Wildman–Crippen LogP) is 2.69. The molecular weight excluding hydrogens is 218 g/mol. The first-order valence-electron chi connectivity index (χ1n) is 5.86. The van der Waals surface area contributed by atoms with Gasteiger partial charge in [0.25, 0.3) is 0 Å². The van der Waals surface area contributed by atoms with Gasteiger partial charge in [-0.25, -0.2) is 0 Å². The van der Waals surface area contributed by atoms with Gasteiger partial charge in [-0.1, -0.05) is 19.9 Å². The molecule has 16 heavy (non-hydrogen) atoms. The molecule has 0 bridgehead atoms. The lowest BCUT2D eigenvalue weighted by atomic mass is 9.90. The van der Waals surface area contributed by atoms with Crippen molar-refractivity contribution >= 4 is 17.1 Å². The van der Waals surface area contributed by atoms with E-state index in [4.69, 9.17) is 0 Å². The van der Waals surface area contributed by atoms with Gasteiger partial charge < -0.3 is 4.90 Å². The monoisotopic (exact) mass is 237 g/mol. The Morgan fingerprint density at radius 1 is 1.38 bits per heavy atom. The van der Waals surface area contributed by atoms with Crippen LogP contribution in [0, 0.1) is 0 Å². The van der Waals surface area contributed by atoms with Crippen molar-refractivity contribution in [1.29, 1.82) is 0 Å². The molecule has 1 fully saturated rings. The minimum atomic E-state index is 0.203. The maximum absolute atomic E-state index is 11.2. The lowest BCUT2D eigenvalue weighted by Gasteiger charge is -2.34. The third kappa shape index (κ3) is 2.71. The van der Waals surface area contributed by atoms with E-state index in [9.17, 15) is 4.79 Å². The van der Waals surface area contributed by atoms with E-state index in [1.807, 2.05) is 11.3 Å². The third-order valence-electron chi connectivity index (χ3n) is 3.22. The Morgan fingerprint density at radius 3 is 2.62 bits per heavy atom. The van der Waals surface area contributed by atoms with Crippen LogP contribution in [0.1, 0.15) is 31.6 Å². The Kier molecular flexibility index (Phi) is 3.45. The molecule has 1 aromatic heterocycles. The minimum Gasteiger partial charge on any atom is -0.302 e. The fourth-order valence-corrected chi connectivity index (χ4v) is 3.11. The second kappa shape index (κ2) is 4.68. The largest absolute Gasteiger partial charge is 0.302 e. The second-order valence-electron chi connectivity index (χ2n) is 5.18. The van der Waals surface area contributed by atoms with Gasteiger partial charge in [0.15, 0.2) is 0 Å². The fourth-order valence-electron chi connectivity index (χ4n) is 2.26. The summed E-state index contributed by atoms with van der Waals surface area (Å²) in [6.45, 7) is 7.51. The molecule has 0 radical (unpaired) electrons. The summed E-state index contributed by atoms with van der Waals surface area (Å²) in [5, 5.41) is 2.14. The van der Waals surface area contributed by atoms with Crippen molar-refractivity contribution in [3.63, 3.8) is 0 Å². The van der Waals surface area contributed by atoms with Crippen LogP contribution in [0.5, 0.6) is 0 Å². The standard InChI is InChI=1S/C13H19NOS/c1-13(2,12-4-3-9-16-12)10-14-7-5-11(15)6-8-14/h3-4,9H,5-8,10H2,1-2H3. The van der Waals surface area contributed by atoms with Gasteiger partial charge in [-0.15, -0.1) is 11.3 Å². The number of ketones is 1. The first-order valence-corrected chi connectivity index (χ1v) is 6.74. The highest BCUT2D eigenvalue weighted by Gasteiger charge is 2.26. The zero-order chi connectivity index (χ0) is 11.6. The number of Topliss-reactive ketones (excluding diaryl/α,β-unsaturated/α-hetero) is 1. The lowest BCUT2D eigenvalue weighted by molar-refractivity contribution is -0.121. The SMILES string of the molecule is CC(C)(CN1CCC(=O)CC1)c1cccs1. The summed E-state index contributed by atoms with van der Waals surface area (Å²) in [5.74, 6) is 0.421. The highest BCUT2D eigenvalue weighted by molar-refractivity contribution is 7.10. The van der Waals surface area contributed by atoms with Crippen LogP contribution < -0.4 is 0 Å². The molecule has 2 rings (SSSR count). The molecule has 2 heterocycles. The molecule has 1 aliphatic heterocycles. The topological polar surface area (TPSA) is 20.3 Å². The van der Waals surface area contributed by atoms with Crippen LogP contribution in [0.15, 0.2) is 17.5 Å². The Bertz CT molecular complexity index is 346. The number of hydrogen-bond donors (Lipinski definition) is 0. The van der Waals surface area contributed by atoms with Gasteiger partial charge in [0, 0.05) is 42.8 Å². The molecular formula is C13H19NOS. The highest BCUT2D eigenvalue weighted by atomic mass is 32.1. The smallest absolute Gasteiger partial charge is 0.135 e. The minimum absolute atomic E-state index is 0.203. The van der Waals surface area contributed by atoms with Gasteiger partial charge in [0.1, 0.15) is 5.78 Å². The summed E-state index contributed by atoms with van der Waals surface area (Å²) >= 11 is 1.83. The normalized spacial score (nSPS) is 19.0. The van der Waals surface area contributed by atoms with Gasteiger partial charge in [0.2, 0.25) is 0 Å². The maximum atomic E-state index is 11.2. The number of nitrogens with zero attached hydrogens (tertiary/aromatic N) is 1. The van der Waals surface area contributed by atoms with Crippen LogP contribution in [-0.2, 0) is 10.2 Å². The number of carbonyl (C=O) groups is 1. The molecule has 0 amide bonds. The number of likely N-dealkylation sites (tertiary alicyclic amines) is 1. The van der Waals surface area contributed by atoms with Crippen LogP contribution in [-0.4, -0.2) is 30.3 Å². The molecule has 1 aromatic rings. The molecule has 0 N–H and O–H groups in total. The number of rotatable bonds is 3. The van der Waals surface area contributed by atoms with Gasteiger partial charge in [-0.3, -0.25) is 4.79 Å². The van der Waals surface area contributed by atoms with E-state index in [-0.39, 0.29) is 5.41 Å². The van der Waals surface area contributed by atoms with E-state index in [0.717, 1.165) is 32.5 Å². The van der Waals surface area contributed by atoms with Crippen molar-refractivity contribution < 1.29 is 4.79 Å². The summed E-state index contributed by atoms with van der Waals surface area (Å²) in [5.41, 5.74) is 0.203. The molecule has 0 aromatic carbocycles. The van der Waals surface area contributed by atoms with Crippen LogP contribution in [0.4, 0.5) is 0 Å². The molecule has 0 unspecified atom stereocenters. The third-order valence-corrected chi connectivity index (χ3v) is 4.46. The van der Waals surface area contributed by atoms with E-state index >= 15 is 0 Å². The Balaban J connectivity index is 1.96. The Hall–Kier alpha value is -0.670. The molecule has 0 spiro atoms. The van der Waals surface area contributed by atoms with Crippen LogP contribution in [0.2, 0.25) is 0 Å². The molecule has 0 aliphatic carbocycles. The highest BCUT2D eigenvalue weighted by Crippen LogP contribution is 2.29. The van der Waals surface area contributed by atoms with E-state index in [1.165, 1.54) is 4.88 Å². The van der Waals surface area contributed by atoms with E-state index in [0.29, 0.717) is 5.78 Å². The number of thiophene rings is 1.